The van der Waals surface area contributed by atoms with E-state index < -0.39 is 0 Å². The monoisotopic (exact) mass is 499 g/mol. The predicted octanol–water partition coefficient (Wildman–Crippen LogP) is 3.35. The summed E-state index contributed by atoms with van der Waals surface area (Å²) in [4.78, 5) is 19.9. The van der Waals surface area contributed by atoms with Crippen molar-refractivity contribution in [1.29, 1.82) is 0 Å². The summed E-state index contributed by atoms with van der Waals surface area (Å²) in [7, 11) is 0. The Morgan fingerprint density at radius 2 is 1.86 bits per heavy atom. The van der Waals surface area contributed by atoms with E-state index in [0.29, 0.717) is 19.6 Å². The molecular weight excluding hydrogens is 465 g/mol. The van der Waals surface area contributed by atoms with E-state index in [9.17, 15) is 4.79 Å². The first kappa shape index (κ1) is 24.3. The first-order chi connectivity index (χ1) is 12.8. The number of amides is 1. The number of hydrogen-bond donors (Lipinski definition) is 4. The first-order valence-corrected chi connectivity index (χ1v) is 9.69. The van der Waals surface area contributed by atoms with Crippen molar-refractivity contribution in [3.63, 3.8) is 0 Å². The summed E-state index contributed by atoms with van der Waals surface area (Å²) in [6.45, 7) is 12.6. The molecule has 1 heterocycles. The SMILES string of the molecule is CCNC(=NCCc1c[nH]c2c(C)cccc12)NCCNC(=O)C(C)(C)C.I. The van der Waals surface area contributed by atoms with E-state index in [2.05, 4.69) is 57.2 Å². The van der Waals surface area contributed by atoms with Gasteiger partial charge in [0.05, 0.1) is 0 Å². The Morgan fingerprint density at radius 1 is 1.14 bits per heavy atom. The van der Waals surface area contributed by atoms with Gasteiger partial charge in [0.2, 0.25) is 5.91 Å². The van der Waals surface area contributed by atoms with Gasteiger partial charge in [0.15, 0.2) is 5.96 Å². The molecule has 0 saturated heterocycles. The van der Waals surface area contributed by atoms with E-state index >= 15 is 0 Å². The Kier molecular flexibility index (Phi) is 9.78. The lowest BCUT2D eigenvalue weighted by Crippen LogP contribution is -2.43. The third kappa shape index (κ3) is 7.00. The number of aliphatic imine (C=N–C) groups is 1. The molecule has 0 fully saturated rings. The van der Waals surface area contributed by atoms with E-state index in [1.165, 1.54) is 22.0 Å². The fourth-order valence-electron chi connectivity index (χ4n) is 2.82. The number of guanidine groups is 1. The molecule has 0 aliphatic carbocycles. The van der Waals surface area contributed by atoms with E-state index in [1.54, 1.807) is 0 Å². The van der Waals surface area contributed by atoms with Crippen molar-refractivity contribution in [3.05, 3.63) is 35.5 Å². The van der Waals surface area contributed by atoms with Gasteiger partial charge in [-0.3, -0.25) is 9.79 Å². The summed E-state index contributed by atoms with van der Waals surface area (Å²) in [6.07, 6.45) is 2.95. The molecule has 0 atom stereocenters. The van der Waals surface area contributed by atoms with Crippen molar-refractivity contribution < 1.29 is 4.79 Å². The van der Waals surface area contributed by atoms with Crippen LogP contribution in [0, 0.1) is 12.3 Å². The van der Waals surface area contributed by atoms with Crippen LogP contribution in [-0.2, 0) is 11.2 Å². The molecule has 0 saturated carbocycles. The summed E-state index contributed by atoms with van der Waals surface area (Å²) >= 11 is 0. The molecule has 1 aromatic heterocycles. The number of para-hydroxylation sites is 1. The highest BCUT2D eigenvalue weighted by atomic mass is 127. The van der Waals surface area contributed by atoms with Crippen LogP contribution in [0.4, 0.5) is 0 Å². The summed E-state index contributed by atoms with van der Waals surface area (Å²) in [6, 6.07) is 6.36. The van der Waals surface area contributed by atoms with Crippen molar-refractivity contribution in [1.82, 2.24) is 20.9 Å². The molecule has 2 aromatic rings. The van der Waals surface area contributed by atoms with Gasteiger partial charge < -0.3 is 20.9 Å². The molecule has 4 N–H and O–H groups in total. The number of halogens is 1. The maximum Gasteiger partial charge on any atom is 0.225 e. The summed E-state index contributed by atoms with van der Waals surface area (Å²) in [5, 5.41) is 10.7. The second-order valence-electron chi connectivity index (χ2n) is 7.75. The highest BCUT2D eigenvalue weighted by Gasteiger charge is 2.20. The van der Waals surface area contributed by atoms with Gasteiger partial charge in [0.1, 0.15) is 0 Å². The van der Waals surface area contributed by atoms with Gasteiger partial charge in [-0.15, -0.1) is 24.0 Å². The van der Waals surface area contributed by atoms with Crippen molar-refractivity contribution in [3.8, 4) is 0 Å². The van der Waals surface area contributed by atoms with Crippen LogP contribution in [0.1, 0.15) is 38.8 Å². The van der Waals surface area contributed by atoms with Crippen molar-refractivity contribution >= 4 is 46.7 Å². The fourth-order valence-corrected chi connectivity index (χ4v) is 2.82. The second kappa shape index (κ2) is 11.3. The molecular formula is C21H34IN5O. The highest BCUT2D eigenvalue weighted by Crippen LogP contribution is 2.21. The zero-order chi connectivity index (χ0) is 19.9. The normalized spacial score (nSPS) is 11.8. The number of nitrogens with zero attached hydrogens (tertiary/aromatic N) is 1. The number of rotatable bonds is 7. The molecule has 1 amide bonds. The Morgan fingerprint density at radius 3 is 2.54 bits per heavy atom. The van der Waals surface area contributed by atoms with Crippen LogP contribution >= 0.6 is 24.0 Å². The van der Waals surface area contributed by atoms with Gasteiger partial charge in [-0.1, -0.05) is 39.0 Å². The van der Waals surface area contributed by atoms with Crippen LogP contribution in [0.3, 0.4) is 0 Å². The Balaban J connectivity index is 0.00000392. The molecule has 0 unspecified atom stereocenters. The average molecular weight is 499 g/mol. The molecule has 6 nitrogen and oxygen atoms in total. The Hall–Kier alpha value is -1.77. The van der Waals surface area contributed by atoms with Crippen LogP contribution in [-0.4, -0.2) is 43.0 Å². The van der Waals surface area contributed by atoms with Crippen molar-refractivity contribution in [2.24, 2.45) is 10.4 Å². The molecule has 1 aromatic carbocycles. The highest BCUT2D eigenvalue weighted by molar-refractivity contribution is 14.0. The van der Waals surface area contributed by atoms with Crippen LogP contribution < -0.4 is 16.0 Å². The number of aromatic nitrogens is 1. The largest absolute Gasteiger partial charge is 0.361 e. The second-order valence-corrected chi connectivity index (χ2v) is 7.75. The lowest BCUT2D eigenvalue weighted by molar-refractivity contribution is -0.128. The van der Waals surface area contributed by atoms with E-state index in [4.69, 9.17) is 0 Å². The fraction of sp³-hybridized carbons (Fsp3) is 0.524. The lowest BCUT2D eigenvalue weighted by Gasteiger charge is -2.18. The van der Waals surface area contributed by atoms with Crippen LogP contribution in [0.25, 0.3) is 10.9 Å². The van der Waals surface area contributed by atoms with E-state index in [-0.39, 0.29) is 35.3 Å². The van der Waals surface area contributed by atoms with E-state index in [1.807, 2.05) is 27.7 Å². The number of fused-ring (bicyclic) bond motifs is 1. The molecule has 0 radical (unpaired) electrons. The van der Waals surface area contributed by atoms with Gasteiger partial charge in [0, 0.05) is 48.7 Å². The minimum atomic E-state index is -0.365. The summed E-state index contributed by atoms with van der Waals surface area (Å²) < 4.78 is 0. The summed E-state index contributed by atoms with van der Waals surface area (Å²) in [5.74, 6) is 0.833. The van der Waals surface area contributed by atoms with Gasteiger partial charge in [-0.25, -0.2) is 0 Å². The Bertz CT molecular complexity index is 792. The summed E-state index contributed by atoms with van der Waals surface area (Å²) in [5.41, 5.74) is 3.38. The lowest BCUT2D eigenvalue weighted by atomic mass is 9.96. The van der Waals surface area contributed by atoms with Gasteiger partial charge >= 0.3 is 0 Å². The number of aromatic amines is 1. The number of H-pyrrole nitrogens is 1. The minimum Gasteiger partial charge on any atom is -0.361 e. The smallest absolute Gasteiger partial charge is 0.225 e. The number of hydrogen-bond acceptors (Lipinski definition) is 2. The maximum absolute atomic E-state index is 11.9. The molecule has 0 bridgehead atoms. The number of carbonyl (C=O) groups is 1. The predicted molar refractivity (Wildman–Crippen MR) is 129 cm³/mol. The third-order valence-electron chi connectivity index (χ3n) is 4.39. The zero-order valence-corrected chi connectivity index (χ0v) is 19.9. The van der Waals surface area contributed by atoms with Crippen LogP contribution in [0.15, 0.2) is 29.4 Å². The number of aryl methyl sites for hydroxylation is 1. The molecule has 0 spiro atoms. The molecule has 0 aliphatic rings. The average Bonchev–Trinajstić information content (AvgIpc) is 3.02. The molecule has 0 aliphatic heterocycles. The third-order valence-corrected chi connectivity index (χ3v) is 4.39. The van der Waals surface area contributed by atoms with Gasteiger partial charge in [-0.2, -0.15) is 0 Å². The molecule has 7 heteroatoms. The zero-order valence-electron chi connectivity index (χ0n) is 17.6. The first-order valence-electron chi connectivity index (χ1n) is 9.69. The topological polar surface area (TPSA) is 81.3 Å². The van der Waals surface area contributed by atoms with Crippen molar-refractivity contribution in [2.45, 2.75) is 41.0 Å². The quantitative estimate of drug-likeness (QED) is 0.204. The van der Waals surface area contributed by atoms with Gasteiger partial charge in [-0.05, 0) is 31.4 Å². The van der Waals surface area contributed by atoms with E-state index in [0.717, 1.165) is 18.9 Å². The number of benzene rings is 1. The number of nitrogens with one attached hydrogen (secondary N) is 4. The van der Waals surface area contributed by atoms with Gasteiger partial charge in [0.25, 0.3) is 0 Å². The maximum atomic E-state index is 11.9. The van der Waals surface area contributed by atoms with Crippen LogP contribution in [0.5, 0.6) is 0 Å². The molecule has 28 heavy (non-hydrogen) atoms. The van der Waals surface area contributed by atoms with Crippen LogP contribution in [0.2, 0.25) is 0 Å². The van der Waals surface area contributed by atoms with Crippen molar-refractivity contribution in [2.75, 3.05) is 26.2 Å². The standard InChI is InChI=1S/C21H33N5O.HI/c1-6-22-20(25-13-12-23-19(27)21(3,4)5)24-11-10-16-14-26-18-15(2)8-7-9-17(16)18;/h7-9,14,26H,6,10-13H2,1-5H3,(H,23,27)(H2,22,24,25);1H. The molecule has 2 rings (SSSR count). The Labute approximate surface area is 185 Å². The molecule has 156 valence electrons. The minimum absolute atomic E-state index is 0. The number of carbonyl (C=O) groups excluding carboxylic acids is 1.